The lowest BCUT2D eigenvalue weighted by atomic mass is 10.0. The highest BCUT2D eigenvalue weighted by atomic mass is 16.6. The molecule has 6 heteroatoms. The summed E-state index contributed by atoms with van der Waals surface area (Å²) >= 11 is 0. The third kappa shape index (κ3) is 45.3. The average Bonchev–Trinajstić information content (AvgIpc) is 3.19. The van der Waals surface area contributed by atoms with Gasteiger partial charge in [-0.25, -0.2) is 0 Å². The molecule has 0 amide bonds. The number of rotatable bonds is 46. The Bertz CT molecular complexity index is 857. The number of esters is 3. The topological polar surface area (TPSA) is 78.9 Å². The van der Waals surface area contributed by atoms with Crippen LogP contribution in [0.25, 0.3) is 0 Å². The predicted molar refractivity (Wildman–Crippen MR) is 243 cm³/mol. The van der Waals surface area contributed by atoms with Gasteiger partial charge in [0.05, 0.1) is 0 Å². The first kappa shape index (κ1) is 55.4. The minimum Gasteiger partial charge on any atom is -0.462 e. The quantitative estimate of drug-likeness (QED) is 0.0346. The Morgan fingerprint density at radius 3 is 0.860 bits per heavy atom. The fraction of sp³-hybridized carbons (Fsp3) is 0.941. The number of unbranched alkanes of at least 4 members (excludes halogenated alkanes) is 33. The van der Waals surface area contributed by atoms with Gasteiger partial charge in [-0.2, -0.15) is 0 Å². The summed E-state index contributed by atoms with van der Waals surface area (Å²) in [5, 5.41) is 0. The molecule has 0 fully saturated rings. The van der Waals surface area contributed by atoms with Crippen LogP contribution < -0.4 is 0 Å². The van der Waals surface area contributed by atoms with Gasteiger partial charge in [0.2, 0.25) is 0 Å². The first-order valence-corrected chi connectivity index (χ1v) is 25.4. The summed E-state index contributed by atoms with van der Waals surface area (Å²) in [7, 11) is 0. The Morgan fingerprint density at radius 1 is 0.333 bits per heavy atom. The van der Waals surface area contributed by atoms with Crippen molar-refractivity contribution in [3.05, 3.63) is 0 Å². The van der Waals surface area contributed by atoms with Crippen LogP contribution in [0.4, 0.5) is 0 Å². The van der Waals surface area contributed by atoms with E-state index in [1.165, 1.54) is 180 Å². The van der Waals surface area contributed by atoms with Crippen molar-refractivity contribution in [1.82, 2.24) is 0 Å². The molecule has 6 nitrogen and oxygen atoms in total. The Balaban J connectivity index is 4.30. The van der Waals surface area contributed by atoms with Crippen molar-refractivity contribution in [3.63, 3.8) is 0 Å². The molecule has 0 saturated heterocycles. The molecule has 0 saturated carbocycles. The first-order chi connectivity index (χ1) is 27.9. The number of carbonyl (C=O) groups excluding carboxylic acids is 3. The second-order valence-electron chi connectivity index (χ2n) is 17.9. The normalized spacial score (nSPS) is 11.9. The lowest BCUT2D eigenvalue weighted by Crippen LogP contribution is -2.30. The Labute approximate surface area is 355 Å². The molecule has 0 heterocycles. The zero-order chi connectivity index (χ0) is 41.7. The molecule has 1 atom stereocenters. The van der Waals surface area contributed by atoms with Crippen LogP contribution in [0.3, 0.4) is 0 Å². The summed E-state index contributed by atoms with van der Waals surface area (Å²) in [6, 6.07) is 0. The maximum Gasteiger partial charge on any atom is 0.306 e. The zero-order valence-corrected chi connectivity index (χ0v) is 38.8. The fourth-order valence-electron chi connectivity index (χ4n) is 7.69. The molecular formula is C51H98O6. The molecule has 57 heavy (non-hydrogen) atoms. The van der Waals surface area contributed by atoms with Gasteiger partial charge in [0.15, 0.2) is 6.10 Å². The molecule has 0 rings (SSSR count). The van der Waals surface area contributed by atoms with Crippen molar-refractivity contribution in [2.24, 2.45) is 5.92 Å². The van der Waals surface area contributed by atoms with E-state index in [2.05, 4.69) is 27.7 Å². The third-order valence-corrected chi connectivity index (χ3v) is 11.5. The molecule has 0 aliphatic rings. The highest BCUT2D eigenvalue weighted by Crippen LogP contribution is 2.17. The van der Waals surface area contributed by atoms with Crippen LogP contribution in [0.1, 0.15) is 285 Å². The lowest BCUT2D eigenvalue weighted by Gasteiger charge is -2.18. The average molecular weight is 807 g/mol. The molecule has 338 valence electrons. The number of carbonyl (C=O) groups is 3. The van der Waals surface area contributed by atoms with Crippen molar-refractivity contribution in [2.75, 3.05) is 13.2 Å². The molecule has 0 aromatic heterocycles. The smallest absolute Gasteiger partial charge is 0.306 e. The maximum absolute atomic E-state index is 12.7. The molecule has 0 aliphatic heterocycles. The van der Waals surface area contributed by atoms with E-state index in [4.69, 9.17) is 14.2 Å². The standard InChI is InChI=1S/C51H98O6/c1-5-7-9-11-13-15-17-19-20-21-23-27-31-35-39-43-50(53)56-46-48(57-51(54)44-40-36-32-28-24-25-29-33-37-41-47(3)4)45-55-49(52)42-38-34-30-26-22-18-16-14-12-10-8-6-2/h47-48H,5-46H2,1-4H3/t48-/m0/s1. The van der Waals surface area contributed by atoms with E-state index >= 15 is 0 Å². The van der Waals surface area contributed by atoms with Crippen molar-refractivity contribution in [3.8, 4) is 0 Å². The Hall–Kier alpha value is -1.59. The van der Waals surface area contributed by atoms with Gasteiger partial charge in [0, 0.05) is 19.3 Å². The molecule has 0 bridgehead atoms. The second-order valence-corrected chi connectivity index (χ2v) is 17.9. The van der Waals surface area contributed by atoms with Crippen LogP contribution >= 0.6 is 0 Å². The van der Waals surface area contributed by atoms with Gasteiger partial charge in [-0.15, -0.1) is 0 Å². The number of hydrogen-bond acceptors (Lipinski definition) is 6. The zero-order valence-electron chi connectivity index (χ0n) is 38.8. The summed E-state index contributed by atoms with van der Waals surface area (Å²) in [6.07, 6.45) is 46.6. The van der Waals surface area contributed by atoms with Crippen LogP contribution in [-0.2, 0) is 28.6 Å². The van der Waals surface area contributed by atoms with Gasteiger partial charge in [-0.1, -0.05) is 246 Å². The van der Waals surface area contributed by atoms with Crippen molar-refractivity contribution in [2.45, 2.75) is 291 Å². The number of ether oxygens (including phenoxy) is 3. The molecule has 0 N–H and O–H groups in total. The Kier molecular flexibility index (Phi) is 44.2. The molecule has 0 aromatic rings. The van der Waals surface area contributed by atoms with Crippen molar-refractivity contribution < 1.29 is 28.6 Å². The Morgan fingerprint density at radius 2 is 0.579 bits per heavy atom. The predicted octanol–water partition coefficient (Wildman–Crippen LogP) is 16.3. The van der Waals surface area contributed by atoms with Gasteiger partial charge in [0.25, 0.3) is 0 Å². The first-order valence-electron chi connectivity index (χ1n) is 25.4. The van der Waals surface area contributed by atoms with Gasteiger partial charge in [-0.3, -0.25) is 14.4 Å². The van der Waals surface area contributed by atoms with E-state index in [1.54, 1.807) is 0 Å². The van der Waals surface area contributed by atoms with E-state index in [-0.39, 0.29) is 31.1 Å². The van der Waals surface area contributed by atoms with E-state index in [9.17, 15) is 14.4 Å². The van der Waals surface area contributed by atoms with Gasteiger partial charge in [-0.05, 0) is 25.2 Å². The summed E-state index contributed by atoms with van der Waals surface area (Å²) in [4.78, 5) is 37.9. The van der Waals surface area contributed by atoms with E-state index in [0.29, 0.717) is 19.3 Å². The van der Waals surface area contributed by atoms with Gasteiger partial charge >= 0.3 is 17.9 Å². The summed E-state index contributed by atoms with van der Waals surface area (Å²) in [5.41, 5.74) is 0. The van der Waals surface area contributed by atoms with E-state index < -0.39 is 6.10 Å². The highest BCUT2D eigenvalue weighted by molar-refractivity contribution is 5.71. The molecule has 0 aliphatic carbocycles. The third-order valence-electron chi connectivity index (χ3n) is 11.5. The van der Waals surface area contributed by atoms with Crippen molar-refractivity contribution >= 4 is 17.9 Å². The van der Waals surface area contributed by atoms with Crippen LogP contribution in [0, 0.1) is 5.92 Å². The summed E-state index contributed by atoms with van der Waals surface area (Å²) in [5.74, 6) is -0.0410. The SMILES string of the molecule is CCCCCCCCCCCCCCCCCC(=O)OC[C@H](COC(=O)CCCCCCCCCCCCCC)OC(=O)CCCCCCCCCCCC(C)C. The van der Waals surface area contributed by atoms with Crippen molar-refractivity contribution in [1.29, 1.82) is 0 Å². The molecule has 0 spiro atoms. The number of hydrogen-bond donors (Lipinski definition) is 0. The van der Waals surface area contributed by atoms with Crippen LogP contribution in [-0.4, -0.2) is 37.2 Å². The van der Waals surface area contributed by atoms with Crippen LogP contribution in [0.15, 0.2) is 0 Å². The van der Waals surface area contributed by atoms with E-state index in [1.807, 2.05) is 0 Å². The minimum absolute atomic E-state index is 0.0631. The monoisotopic (exact) mass is 807 g/mol. The molecular weight excluding hydrogens is 709 g/mol. The lowest BCUT2D eigenvalue weighted by molar-refractivity contribution is -0.167. The summed E-state index contributed by atoms with van der Waals surface area (Å²) in [6.45, 7) is 9.00. The minimum atomic E-state index is -0.760. The summed E-state index contributed by atoms with van der Waals surface area (Å²) < 4.78 is 16.8. The highest BCUT2D eigenvalue weighted by Gasteiger charge is 2.19. The van der Waals surface area contributed by atoms with Crippen LogP contribution in [0.5, 0.6) is 0 Å². The van der Waals surface area contributed by atoms with Crippen LogP contribution in [0.2, 0.25) is 0 Å². The molecule has 0 radical (unpaired) electrons. The fourth-order valence-corrected chi connectivity index (χ4v) is 7.69. The largest absolute Gasteiger partial charge is 0.462 e. The maximum atomic E-state index is 12.7. The van der Waals surface area contributed by atoms with E-state index in [0.717, 1.165) is 63.7 Å². The molecule has 0 aromatic carbocycles. The van der Waals surface area contributed by atoms with Gasteiger partial charge < -0.3 is 14.2 Å². The van der Waals surface area contributed by atoms with Gasteiger partial charge in [0.1, 0.15) is 13.2 Å². The second kappa shape index (κ2) is 45.5. The molecule has 0 unspecified atom stereocenters.